The molecule has 0 aromatic carbocycles. The lowest BCUT2D eigenvalue weighted by molar-refractivity contribution is -0.148. The van der Waals surface area contributed by atoms with Gasteiger partial charge in [-0.05, 0) is 32.9 Å². The van der Waals surface area contributed by atoms with E-state index in [9.17, 15) is 4.79 Å². The highest BCUT2D eigenvalue weighted by Gasteiger charge is 2.33. The average Bonchev–Trinajstić information content (AvgIpc) is 2.89. The third kappa shape index (κ3) is 3.14. The summed E-state index contributed by atoms with van der Waals surface area (Å²) in [5.74, 6) is -0.266. The van der Waals surface area contributed by atoms with Gasteiger partial charge < -0.3 is 10.1 Å². The van der Waals surface area contributed by atoms with Gasteiger partial charge in [0.05, 0.1) is 24.2 Å². The molecular weight excluding hydrogens is 274 g/mol. The maximum atomic E-state index is 11.9. The Morgan fingerprint density at radius 1 is 1.50 bits per heavy atom. The smallest absolute Gasteiger partial charge is 0.317 e. The van der Waals surface area contributed by atoms with Gasteiger partial charge in [0.2, 0.25) is 0 Å². The largest absolute Gasteiger partial charge is 0.465 e. The molecule has 0 radical (unpaired) electrons. The molecule has 2 rings (SSSR count). The van der Waals surface area contributed by atoms with Crippen molar-refractivity contribution in [3.63, 3.8) is 0 Å². The molecule has 2 aromatic heterocycles. The predicted molar refractivity (Wildman–Crippen MR) is 79.3 cm³/mol. The van der Waals surface area contributed by atoms with Crippen LogP contribution in [-0.2, 0) is 14.9 Å². The van der Waals surface area contributed by atoms with E-state index in [0.29, 0.717) is 12.3 Å². The molecule has 0 saturated heterocycles. The minimum atomic E-state index is -0.749. The Morgan fingerprint density at radius 2 is 2.30 bits per heavy atom. The Morgan fingerprint density at radius 3 is 2.95 bits per heavy atom. The Bertz CT molecular complexity index is 581. The number of carbonyl (C=O) groups is 1. The van der Waals surface area contributed by atoms with Crippen LogP contribution in [0.3, 0.4) is 0 Å². The second-order valence-corrected chi connectivity index (χ2v) is 5.61. The van der Waals surface area contributed by atoms with Crippen LogP contribution >= 0.6 is 11.3 Å². The lowest BCUT2D eigenvalue weighted by Gasteiger charge is -2.19. The maximum Gasteiger partial charge on any atom is 0.317 e. The van der Waals surface area contributed by atoms with Crippen LogP contribution in [0.1, 0.15) is 26.5 Å². The number of hydrogen-bond donors (Lipinski definition) is 1. The Labute approximate surface area is 122 Å². The number of ether oxygens (including phenoxy) is 1. The molecule has 0 saturated carbocycles. The number of anilines is 2. The molecule has 0 aliphatic rings. The van der Waals surface area contributed by atoms with Crippen molar-refractivity contribution in [2.45, 2.75) is 26.2 Å². The van der Waals surface area contributed by atoms with E-state index in [1.807, 2.05) is 31.4 Å². The first-order valence-electron chi connectivity index (χ1n) is 6.34. The van der Waals surface area contributed by atoms with Crippen LogP contribution in [0.5, 0.6) is 0 Å². The first kappa shape index (κ1) is 14.5. The molecule has 1 N–H and O–H groups in total. The first-order chi connectivity index (χ1) is 9.54. The molecule has 2 aromatic rings. The third-order valence-corrected chi connectivity index (χ3v) is 3.60. The molecule has 0 atom stereocenters. The van der Waals surface area contributed by atoms with Crippen molar-refractivity contribution in [3.8, 4) is 0 Å². The first-order valence-corrected chi connectivity index (χ1v) is 7.22. The van der Waals surface area contributed by atoms with Gasteiger partial charge in [0.1, 0.15) is 5.41 Å². The lowest BCUT2D eigenvalue weighted by Crippen LogP contribution is -2.31. The fraction of sp³-hybridized carbons (Fsp3) is 0.357. The average molecular weight is 291 g/mol. The molecule has 0 unspecified atom stereocenters. The molecule has 20 heavy (non-hydrogen) atoms. The number of rotatable bonds is 5. The van der Waals surface area contributed by atoms with Gasteiger partial charge in [-0.3, -0.25) is 9.78 Å². The van der Waals surface area contributed by atoms with Crippen molar-refractivity contribution in [1.82, 2.24) is 9.97 Å². The molecule has 5 nitrogen and oxygen atoms in total. The molecule has 0 aliphatic carbocycles. The summed E-state index contributed by atoms with van der Waals surface area (Å²) in [5, 5.41) is 5.76. The number of hydrogen-bond acceptors (Lipinski definition) is 6. The summed E-state index contributed by atoms with van der Waals surface area (Å²) in [5.41, 5.74) is 0.816. The van der Waals surface area contributed by atoms with E-state index in [1.165, 1.54) is 11.3 Å². The minimum absolute atomic E-state index is 0.266. The predicted octanol–water partition coefficient (Wildman–Crippen LogP) is 3.12. The second-order valence-electron chi connectivity index (χ2n) is 4.75. The van der Waals surface area contributed by atoms with Gasteiger partial charge in [-0.2, -0.15) is 0 Å². The molecule has 0 amide bonds. The van der Waals surface area contributed by atoms with Crippen LogP contribution < -0.4 is 5.32 Å². The molecule has 0 fully saturated rings. The van der Waals surface area contributed by atoms with E-state index >= 15 is 0 Å². The highest BCUT2D eigenvalue weighted by Crippen LogP contribution is 2.29. The summed E-state index contributed by atoms with van der Waals surface area (Å²) >= 11 is 1.45. The van der Waals surface area contributed by atoms with Gasteiger partial charge in [0.25, 0.3) is 0 Å². The lowest BCUT2D eigenvalue weighted by atomic mass is 9.90. The van der Waals surface area contributed by atoms with Gasteiger partial charge in [-0.15, -0.1) is 11.3 Å². The van der Waals surface area contributed by atoms with Crippen LogP contribution in [0.25, 0.3) is 0 Å². The van der Waals surface area contributed by atoms with Crippen LogP contribution in [0.15, 0.2) is 29.9 Å². The van der Waals surface area contributed by atoms with E-state index < -0.39 is 5.41 Å². The Hall–Kier alpha value is -1.95. The van der Waals surface area contributed by atoms with E-state index in [4.69, 9.17) is 4.74 Å². The van der Waals surface area contributed by atoms with Crippen molar-refractivity contribution in [2.75, 3.05) is 11.9 Å². The van der Waals surface area contributed by atoms with Crippen LogP contribution in [0, 0.1) is 0 Å². The number of pyridine rings is 1. The molecule has 6 heteroatoms. The Kier molecular flexibility index (Phi) is 4.34. The van der Waals surface area contributed by atoms with Crippen molar-refractivity contribution in [2.24, 2.45) is 0 Å². The van der Waals surface area contributed by atoms with Gasteiger partial charge >= 0.3 is 5.97 Å². The van der Waals surface area contributed by atoms with E-state index in [1.54, 1.807) is 19.3 Å². The summed E-state index contributed by atoms with van der Waals surface area (Å²) < 4.78 is 5.08. The van der Waals surface area contributed by atoms with Crippen molar-refractivity contribution in [3.05, 3.63) is 35.6 Å². The van der Waals surface area contributed by atoms with Crippen molar-refractivity contribution < 1.29 is 9.53 Å². The number of nitrogens with zero attached hydrogens (tertiary/aromatic N) is 2. The van der Waals surface area contributed by atoms with E-state index in [-0.39, 0.29) is 5.97 Å². The molecule has 0 bridgehead atoms. The number of thiazole rings is 1. The van der Waals surface area contributed by atoms with Crippen LogP contribution in [0.2, 0.25) is 0 Å². The van der Waals surface area contributed by atoms with Crippen molar-refractivity contribution >= 4 is 28.1 Å². The Balaban J connectivity index is 2.14. The normalized spacial score (nSPS) is 11.2. The SMILES string of the molecule is CCOC(=O)C(C)(C)c1csc(Nc2cccnc2)n1. The molecule has 0 spiro atoms. The van der Waals surface area contributed by atoms with Gasteiger partial charge in [0, 0.05) is 11.6 Å². The summed E-state index contributed by atoms with van der Waals surface area (Å²) in [4.78, 5) is 20.4. The standard InChI is InChI=1S/C14H17N3O2S/c1-4-19-12(18)14(2,3)11-9-20-13(17-11)16-10-6-5-7-15-8-10/h5-9H,4H2,1-3H3,(H,16,17). The third-order valence-electron chi connectivity index (χ3n) is 2.84. The molecule has 0 aliphatic heterocycles. The summed E-state index contributed by atoms with van der Waals surface area (Å²) in [7, 11) is 0. The molecule has 2 heterocycles. The number of nitrogens with one attached hydrogen (secondary N) is 1. The highest BCUT2D eigenvalue weighted by molar-refractivity contribution is 7.13. The fourth-order valence-corrected chi connectivity index (χ4v) is 2.49. The summed E-state index contributed by atoms with van der Waals surface area (Å²) in [6, 6.07) is 3.75. The zero-order chi connectivity index (χ0) is 14.6. The maximum absolute atomic E-state index is 11.9. The highest BCUT2D eigenvalue weighted by atomic mass is 32.1. The fourth-order valence-electron chi connectivity index (χ4n) is 1.59. The van der Waals surface area contributed by atoms with Gasteiger partial charge in [0.15, 0.2) is 5.13 Å². The molecular formula is C14H17N3O2S. The monoisotopic (exact) mass is 291 g/mol. The second kappa shape index (κ2) is 6.00. The minimum Gasteiger partial charge on any atom is -0.465 e. The number of esters is 1. The van der Waals surface area contributed by atoms with Gasteiger partial charge in [-0.25, -0.2) is 4.98 Å². The number of aromatic nitrogens is 2. The summed E-state index contributed by atoms with van der Waals surface area (Å²) in [6.07, 6.45) is 3.43. The topological polar surface area (TPSA) is 64.1 Å². The number of carbonyl (C=O) groups excluding carboxylic acids is 1. The van der Waals surface area contributed by atoms with Gasteiger partial charge in [-0.1, -0.05) is 0 Å². The zero-order valence-corrected chi connectivity index (χ0v) is 12.5. The quantitative estimate of drug-likeness (QED) is 0.857. The summed E-state index contributed by atoms with van der Waals surface area (Å²) in [6.45, 7) is 5.79. The van der Waals surface area contributed by atoms with E-state index in [2.05, 4.69) is 15.3 Å². The van der Waals surface area contributed by atoms with Crippen LogP contribution in [0.4, 0.5) is 10.8 Å². The van der Waals surface area contributed by atoms with Crippen LogP contribution in [-0.4, -0.2) is 22.5 Å². The zero-order valence-electron chi connectivity index (χ0n) is 11.7. The van der Waals surface area contributed by atoms with E-state index in [0.717, 1.165) is 10.8 Å². The van der Waals surface area contributed by atoms with Crippen molar-refractivity contribution in [1.29, 1.82) is 0 Å². The molecule has 106 valence electrons.